The van der Waals surface area contributed by atoms with Gasteiger partial charge in [0.1, 0.15) is 0 Å². The summed E-state index contributed by atoms with van der Waals surface area (Å²) in [5.74, 6) is -1.11. The molecule has 2 aliphatic rings. The van der Waals surface area contributed by atoms with E-state index in [1.807, 2.05) is 18.2 Å². The smallest absolute Gasteiger partial charge is 0.312 e. The highest BCUT2D eigenvalue weighted by atomic mass is 16.2. The molecule has 2 aromatic carbocycles. The fourth-order valence-electron chi connectivity index (χ4n) is 4.54. The molecule has 0 unspecified atom stereocenters. The SMILES string of the molecule is CCn1c2ccccc2c2cc(C=CC(=O)N3CCN(C(=O)C(=O)NC4CC4)CC3)ccc21. The van der Waals surface area contributed by atoms with Gasteiger partial charge in [0, 0.05) is 66.6 Å². The van der Waals surface area contributed by atoms with Crippen molar-refractivity contribution in [2.75, 3.05) is 26.2 Å². The Bertz CT molecular complexity index is 1260. The topological polar surface area (TPSA) is 74.7 Å². The molecule has 2 fully saturated rings. The van der Waals surface area contributed by atoms with Gasteiger partial charge in [-0.25, -0.2) is 0 Å². The fourth-order valence-corrected chi connectivity index (χ4v) is 4.54. The van der Waals surface area contributed by atoms with Crippen molar-refractivity contribution in [1.82, 2.24) is 19.7 Å². The first kappa shape index (κ1) is 21.2. The van der Waals surface area contributed by atoms with Crippen LogP contribution in [0.15, 0.2) is 48.5 Å². The Hall–Kier alpha value is -3.61. The number of benzene rings is 2. The van der Waals surface area contributed by atoms with Crippen LogP contribution in [0.1, 0.15) is 25.3 Å². The number of rotatable bonds is 4. The Balaban J connectivity index is 1.24. The summed E-state index contributed by atoms with van der Waals surface area (Å²) in [5, 5.41) is 5.12. The van der Waals surface area contributed by atoms with Crippen molar-refractivity contribution in [1.29, 1.82) is 0 Å². The van der Waals surface area contributed by atoms with Crippen LogP contribution in [0.25, 0.3) is 27.9 Å². The number of fused-ring (bicyclic) bond motifs is 3. The molecule has 0 bridgehead atoms. The largest absolute Gasteiger partial charge is 0.345 e. The first-order valence-electron chi connectivity index (χ1n) is 11.6. The van der Waals surface area contributed by atoms with Crippen LogP contribution in [-0.2, 0) is 20.9 Å². The van der Waals surface area contributed by atoms with Gasteiger partial charge in [0.2, 0.25) is 5.91 Å². The lowest BCUT2D eigenvalue weighted by Gasteiger charge is -2.33. The molecule has 2 heterocycles. The number of carbonyl (C=O) groups is 3. The second-order valence-electron chi connectivity index (χ2n) is 8.74. The first-order chi connectivity index (χ1) is 16.0. The molecule has 7 heteroatoms. The standard InChI is InChI=1S/C26H28N4O3/c1-2-30-22-6-4-3-5-20(22)21-17-18(7-11-23(21)30)8-12-24(31)28-13-15-29(16-14-28)26(33)25(32)27-19-9-10-19/h3-8,11-12,17,19H,2,9-10,13-16H2,1H3,(H,27,32). The van der Waals surface area contributed by atoms with E-state index in [-0.39, 0.29) is 11.9 Å². The van der Waals surface area contributed by atoms with Crippen molar-refractivity contribution >= 4 is 45.6 Å². The zero-order valence-electron chi connectivity index (χ0n) is 18.8. The Labute approximate surface area is 192 Å². The molecule has 33 heavy (non-hydrogen) atoms. The number of hydrogen-bond donors (Lipinski definition) is 1. The maximum atomic E-state index is 12.7. The minimum Gasteiger partial charge on any atom is -0.345 e. The van der Waals surface area contributed by atoms with Gasteiger partial charge < -0.3 is 19.7 Å². The molecule has 3 aromatic rings. The monoisotopic (exact) mass is 444 g/mol. The molecule has 0 radical (unpaired) electrons. The third-order valence-electron chi connectivity index (χ3n) is 6.52. The molecule has 1 aromatic heterocycles. The Kier molecular flexibility index (Phi) is 5.62. The van der Waals surface area contributed by atoms with E-state index in [2.05, 4.69) is 47.1 Å². The van der Waals surface area contributed by atoms with E-state index in [4.69, 9.17) is 0 Å². The average Bonchev–Trinajstić information content (AvgIpc) is 3.61. The molecule has 7 nitrogen and oxygen atoms in total. The lowest BCUT2D eigenvalue weighted by atomic mass is 10.1. The van der Waals surface area contributed by atoms with Crippen LogP contribution in [0.2, 0.25) is 0 Å². The minimum absolute atomic E-state index is 0.0828. The maximum Gasteiger partial charge on any atom is 0.312 e. The van der Waals surface area contributed by atoms with Crippen molar-refractivity contribution in [3.8, 4) is 0 Å². The lowest BCUT2D eigenvalue weighted by molar-refractivity contribution is -0.148. The normalized spacial score (nSPS) is 16.6. The van der Waals surface area contributed by atoms with Gasteiger partial charge in [-0.2, -0.15) is 0 Å². The minimum atomic E-state index is -0.531. The van der Waals surface area contributed by atoms with Gasteiger partial charge in [0.15, 0.2) is 0 Å². The Morgan fingerprint density at radius 3 is 2.36 bits per heavy atom. The predicted molar refractivity (Wildman–Crippen MR) is 128 cm³/mol. The number of para-hydroxylation sites is 1. The second-order valence-corrected chi connectivity index (χ2v) is 8.74. The zero-order chi connectivity index (χ0) is 22.9. The lowest BCUT2D eigenvalue weighted by Crippen LogP contribution is -2.53. The van der Waals surface area contributed by atoms with Crippen LogP contribution in [-0.4, -0.2) is 64.3 Å². The molecule has 1 aliphatic carbocycles. The van der Waals surface area contributed by atoms with E-state index in [0.717, 1.165) is 24.9 Å². The van der Waals surface area contributed by atoms with Crippen molar-refractivity contribution in [3.63, 3.8) is 0 Å². The summed E-state index contributed by atoms with van der Waals surface area (Å²) in [6.07, 6.45) is 5.33. The van der Waals surface area contributed by atoms with Crippen LogP contribution in [0.4, 0.5) is 0 Å². The molecule has 5 rings (SSSR count). The highest BCUT2D eigenvalue weighted by molar-refractivity contribution is 6.35. The van der Waals surface area contributed by atoms with Gasteiger partial charge in [0.25, 0.3) is 0 Å². The Morgan fingerprint density at radius 1 is 0.939 bits per heavy atom. The number of carbonyl (C=O) groups excluding carboxylic acids is 3. The molecule has 170 valence electrons. The number of aryl methyl sites for hydroxylation is 1. The van der Waals surface area contributed by atoms with Crippen LogP contribution in [0, 0.1) is 0 Å². The first-order valence-corrected chi connectivity index (χ1v) is 11.6. The fraction of sp³-hybridized carbons (Fsp3) is 0.346. The van der Waals surface area contributed by atoms with Gasteiger partial charge in [-0.15, -0.1) is 0 Å². The molecule has 0 atom stereocenters. The van der Waals surface area contributed by atoms with Gasteiger partial charge in [-0.3, -0.25) is 14.4 Å². The van der Waals surface area contributed by atoms with Crippen molar-refractivity contribution in [3.05, 3.63) is 54.1 Å². The number of amides is 3. The number of nitrogens with one attached hydrogen (secondary N) is 1. The summed E-state index contributed by atoms with van der Waals surface area (Å²) in [5.41, 5.74) is 3.37. The van der Waals surface area contributed by atoms with Crippen molar-refractivity contribution in [2.45, 2.75) is 32.4 Å². The van der Waals surface area contributed by atoms with Crippen molar-refractivity contribution < 1.29 is 14.4 Å². The van der Waals surface area contributed by atoms with E-state index in [9.17, 15) is 14.4 Å². The van der Waals surface area contributed by atoms with Gasteiger partial charge in [-0.05, 0) is 49.6 Å². The highest BCUT2D eigenvalue weighted by Crippen LogP contribution is 2.30. The van der Waals surface area contributed by atoms with E-state index in [1.165, 1.54) is 26.7 Å². The summed E-state index contributed by atoms with van der Waals surface area (Å²) in [6.45, 7) is 4.64. The predicted octanol–water partition coefficient (Wildman–Crippen LogP) is 2.78. The molecule has 1 N–H and O–H groups in total. The zero-order valence-corrected chi connectivity index (χ0v) is 18.8. The van der Waals surface area contributed by atoms with Crippen LogP contribution in [0.3, 0.4) is 0 Å². The number of hydrogen-bond acceptors (Lipinski definition) is 3. The number of aromatic nitrogens is 1. The average molecular weight is 445 g/mol. The van der Waals surface area contributed by atoms with E-state index in [0.29, 0.717) is 26.2 Å². The molecular formula is C26H28N4O3. The van der Waals surface area contributed by atoms with Gasteiger partial charge in [-0.1, -0.05) is 24.3 Å². The third-order valence-corrected chi connectivity index (χ3v) is 6.52. The summed E-state index contributed by atoms with van der Waals surface area (Å²) in [4.78, 5) is 40.2. The van der Waals surface area contributed by atoms with E-state index < -0.39 is 11.8 Å². The number of piperazine rings is 1. The highest BCUT2D eigenvalue weighted by Gasteiger charge is 2.31. The summed E-state index contributed by atoms with van der Waals surface area (Å²) < 4.78 is 2.30. The summed E-state index contributed by atoms with van der Waals surface area (Å²) >= 11 is 0. The molecule has 3 amide bonds. The van der Waals surface area contributed by atoms with Crippen LogP contribution >= 0.6 is 0 Å². The van der Waals surface area contributed by atoms with Crippen LogP contribution < -0.4 is 5.32 Å². The second kappa shape index (κ2) is 8.73. The third kappa shape index (κ3) is 4.23. The molecule has 1 saturated carbocycles. The van der Waals surface area contributed by atoms with E-state index in [1.54, 1.807) is 11.0 Å². The molecule has 1 saturated heterocycles. The van der Waals surface area contributed by atoms with Crippen LogP contribution in [0.5, 0.6) is 0 Å². The van der Waals surface area contributed by atoms with E-state index >= 15 is 0 Å². The van der Waals surface area contributed by atoms with Gasteiger partial charge >= 0.3 is 11.8 Å². The maximum absolute atomic E-state index is 12.7. The quantitative estimate of drug-likeness (QED) is 0.497. The molecule has 1 aliphatic heterocycles. The number of nitrogens with zero attached hydrogens (tertiary/aromatic N) is 3. The molecular weight excluding hydrogens is 416 g/mol. The van der Waals surface area contributed by atoms with Crippen molar-refractivity contribution in [2.24, 2.45) is 0 Å². The Morgan fingerprint density at radius 2 is 1.64 bits per heavy atom. The van der Waals surface area contributed by atoms with Gasteiger partial charge in [0.05, 0.1) is 0 Å². The molecule has 0 spiro atoms. The summed E-state index contributed by atoms with van der Waals surface area (Å²) in [6, 6.07) is 14.8. The summed E-state index contributed by atoms with van der Waals surface area (Å²) in [7, 11) is 0.